The van der Waals surface area contributed by atoms with Crippen LogP contribution in [0.4, 0.5) is 14.5 Å². The minimum Gasteiger partial charge on any atom is -0.461 e. The lowest BCUT2D eigenvalue weighted by atomic mass is 10.2. The number of benzene rings is 1. The number of rotatable bonds is 6. The number of hydrogen-bond acceptors (Lipinski definition) is 4. The molecule has 3 rings (SSSR count). The Morgan fingerprint density at radius 2 is 2.04 bits per heavy atom. The molecule has 2 aromatic rings. The van der Waals surface area contributed by atoms with Crippen LogP contribution in [0.2, 0.25) is 0 Å². The van der Waals surface area contributed by atoms with Gasteiger partial charge in [-0.1, -0.05) is 18.7 Å². The highest BCUT2D eigenvalue weighted by atomic mass is 32.2. The maximum absolute atomic E-state index is 12.3. The average molecular weight is 374 g/mol. The lowest BCUT2D eigenvalue weighted by Crippen LogP contribution is -2.13. The highest BCUT2D eigenvalue weighted by Crippen LogP contribution is 2.47. The van der Waals surface area contributed by atoms with E-state index >= 15 is 0 Å². The van der Waals surface area contributed by atoms with E-state index in [1.165, 1.54) is 30.3 Å². The van der Waals surface area contributed by atoms with Crippen LogP contribution in [0.1, 0.15) is 30.8 Å². The normalized spacial score (nSPS) is 19.3. The second kappa shape index (κ2) is 7.75. The van der Waals surface area contributed by atoms with Gasteiger partial charge in [0.25, 0.3) is 11.7 Å². The van der Waals surface area contributed by atoms with Gasteiger partial charge in [0.05, 0.1) is 0 Å². The third-order valence-corrected chi connectivity index (χ3v) is 4.83. The molecule has 1 saturated carbocycles. The number of nitriles is 1. The first kappa shape index (κ1) is 18.2. The molecule has 0 spiro atoms. The van der Waals surface area contributed by atoms with Gasteiger partial charge >= 0.3 is 0 Å². The number of anilines is 1. The summed E-state index contributed by atoms with van der Waals surface area (Å²) in [5.41, 5.74) is 0.322. The molecule has 1 heterocycles. The number of amides is 1. The Bertz CT molecular complexity index is 868. The summed E-state index contributed by atoms with van der Waals surface area (Å²) in [7, 11) is 0. The molecule has 0 radical (unpaired) electrons. The van der Waals surface area contributed by atoms with Crippen LogP contribution in [0.3, 0.4) is 0 Å². The van der Waals surface area contributed by atoms with E-state index in [-0.39, 0.29) is 5.57 Å². The van der Waals surface area contributed by atoms with E-state index in [2.05, 4.69) is 12.2 Å². The number of thioether (sulfide) groups is 1. The molecule has 7 heteroatoms. The van der Waals surface area contributed by atoms with Gasteiger partial charge in [-0.25, -0.2) is 0 Å². The lowest BCUT2D eigenvalue weighted by Gasteiger charge is -2.05. The van der Waals surface area contributed by atoms with E-state index in [0.717, 1.165) is 12.2 Å². The minimum absolute atomic E-state index is 0.0965. The molecule has 26 heavy (non-hydrogen) atoms. The first-order valence-electron chi connectivity index (χ1n) is 8.04. The van der Waals surface area contributed by atoms with Crippen LogP contribution in [0.15, 0.2) is 51.3 Å². The van der Waals surface area contributed by atoms with Gasteiger partial charge in [-0.2, -0.15) is 14.0 Å². The van der Waals surface area contributed by atoms with Crippen molar-refractivity contribution in [3.8, 4) is 6.07 Å². The van der Waals surface area contributed by atoms with Crippen LogP contribution in [-0.2, 0) is 4.79 Å². The maximum Gasteiger partial charge on any atom is 0.288 e. The van der Waals surface area contributed by atoms with Crippen molar-refractivity contribution in [2.75, 3.05) is 5.32 Å². The molecule has 1 aromatic heterocycles. The van der Waals surface area contributed by atoms with Gasteiger partial charge < -0.3 is 9.73 Å². The monoisotopic (exact) mass is 374 g/mol. The Kier molecular flexibility index (Phi) is 5.43. The number of hydrogen-bond donors (Lipinski definition) is 1. The quantitative estimate of drug-likeness (QED) is 0.425. The Labute approximate surface area is 153 Å². The van der Waals surface area contributed by atoms with E-state index in [1.54, 1.807) is 6.07 Å². The second-order valence-electron chi connectivity index (χ2n) is 6.09. The molecule has 134 valence electrons. The zero-order valence-corrected chi connectivity index (χ0v) is 14.7. The van der Waals surface area contributed by atoms with Crippen LogP contribution < -0.4 is 5.32 Å². The first-order chi connectivity index (χ1) is 12.5. The summed E-state index contributed by atoms with van der Waals surface area (Å²) < 4.78 is 30.3. The Balaban J connectivity index is 1.67. The molecule has 1 aromatic carbocycles. The van der Waals surface area contributed by atoms with Crippen LogP contribution in [-0.4, -0.2) is 11.7 Å². The molecule has 0 saturated heterocycles. The summed E-state index contributed by atoms with van der Waals surface area (Å²) in [6.45, 7) is 2.14. The van der Waals surface area contributed by atoms with Crippen LogP contribution in [0, 0.1) is 17.2 Å². The highest BCUT2D eigenvalue weighted by Gasteiger charge is 2.36. The minimum atomic E-state index is -2.50. The van der Waals surface area contributed by atoms with Crippen molar-refractivity contribution < 1.29 is 18.0 Å². The Morgan fingerprint density at radius 3 is 2.62 bits per heavy atom. The molecule has 1 aliphatic carbocycles. The van der Waals surface area contributed by atoms with Crippen molar-refractivity contribution in [2.45, 2.75) is 29.9 Å². The molecular formula is C19H16F2N2O2S. The standard InChI is InChI=1S/C19H16F2N2O2S/c1-11-8-16(11)17-7-4-14(25-17)9-12(10-22)18(24)23-13-2-5-15(6-3-13)26-19(20)21/h2-7,9,11,16,19H,8H2,1H3,(H,23,24)/b12-9+/t11-,16-/m1/s1. The first-order valence-corrected chi connectivity index (χ1v) is 8.92. The van der Waals surface area contributed by atoms with Gasteiger partial charge in [-0.15, -0.1) is 0 Å². The molecule has 1 aliphatic rings. The van der Waals surface area contributed by atoms with E-state index in [1.807, 2.05) is 12.1 Å². The van der Waals surface area contributed by atoms with Crippen molar-refractivity contribution in [3.63, 3.8) is 0 Å². The van der Waals surface area contributed by atoms with Crippen LogP contribution in [0.5, 0.6) is 0 Å². The number of alkyl halides is 2. The van der Waals surface area contributed by atoms with E-state index in [4.69, 9.17) is 4.42 Å². The zero-order chi connectivity index (χ0) is 18.7. The molecule has 0 aliphatic heterocycles. The van der Waals surface area contributed by atoms with Crippen molar-refractivity contribution in [1.29, 1.82) is 5.26 Å². The molecule has 0 bridgehead atoms. The van der Waals surface area contributed by atoms with Crippen molar-refractivity contribution in [3.05, 3.63) is 53.5 Å². The third-order valence-electron chi connectivity index (χ3n) is 4.11. The lowest BCUT2D eigenvalue weighted by molar-refractivity contribution is -0.112. The largest absolute Gasteiger partial charge is 0.461 e. The summed E-state index contributed by atoms with van der Waals surface area (Å²) in [6.07, 6.45) is 2.48. The van der Waals surface area contributed by atoms with Gasteiger partial charge in [0.15, 0.2) is 0 Å². The highest BCUT2D eigenvalue weighted by molar-refractivity contribution is 7.99. The zero-order valence-electron chi connectivity index (χ0n) is 13.9. The van der Waals surface area contributed by atoms with E-state index in [9.17, 15) is 18.8 Å². The fourth-order valence-electron chi connectivity index (χ4n) is 2.57. The molecule has 4 nitrogen and oxygen atoms in total. The van der Waals surface area contributed by atoms with Crippen LogP contribution in [0.25, 0.3) is 6.08 Å². The predicted octanol–water partition coefficient (Wildman–Crippen LogP) is 5.26. The Morgan fingerprint density at radius 1 is 1.35 bits per heavy atom. The average Bonchev–Trinajstić information content (AvgIpc) is 3.15. The number of furan rings is 1. The maximum atomic E-state index is 12.3. The number of carbonyl (C=O) groups excluding carboxylic acids is 1. The Hall–Kier alpha value is -2.59. The van der Waals surface area contributed by atoms with E-state index in [0.29, 0.717) is 39.9 Å². The summed E-state index contributed by atoms with van der Waals surface area (Å²) >= 11 is 0.426. The molecule has 1 fully saturated rings. The van der Waals surface area contributed by atoms with Gasteiger partial charge in [-0.3, -0.25) is 4.79 Å². The summed E-state index contributed by atoms with van der Waals surface area (Å²) in [5, 5.41) is 11.8. The summed E-state index contributed by atoms with van der Waals surface area (Å²) in [5.74, 6) is -0.744. The smallest absolute Gasteiger partial charge is 0.288 e. The molecule has 0 unspecified atom stereocenters. The summed E-state index contributed by atoms with van der Waals surface area (Å²) in [4.78, 5) is 12.6. The van der Waals surface area contributed by atoms with Gasteiger partial charge in [0.2, 0.25) is 0 Å². The van der Waals surface area contributed by atoms with Gasteiger partial charge in [-0.05, 0) is 48.7 Å². The van der Waals surface area contributed by atoms with Crippen molar-refractivity contribution >= 4 is 29.4 Å². The van der Waals surface area contributed by atoms with Gasteiger partial charge in [0.1, 0.15) is 23.2 Å². The number of nitrogens with one attached hydrogen (secondary N) is 1. The molecule has 2 atom stereocenters. The fraction of sp³-hybridized carbons (Fsp3) is 0.263. The predicted molar refractivity (Wildman–Crippen MR) is 95.8 cm³/mol. The third kappa shape index (κ3) is 4.52. The number of nitrogens with zero attached hydrogens (tertiary/aromatic N) is 1. The molecule has 1 N–H and O–H groups in total. The number of halogens is 2. The topological polar surface area (TPSA) is 66.0 Å². The SMILES string of the molecule is C[C@@H]1C[C@H]1c1ccc(/C=C(\C#N)C(=O)Nc2ccc(SC(F)F)cc2)o1. The molecule has 1 amide bonds. The van der Waals surface area contributed by atoms with Crippen molar-refractivity contribution in [2.24, 2.45) is 5.92 Å². The number of carbonyl (C=O) groups is 1. The summed E-state index contributed by atoms with van der Waals surface area (Å²) in [6, 6.07) is 11.5. The van der Waals surface area contributed by atoms with Crippen molar-refractivity contribution in [1.82, 2.24) is 0 Å². The van der Waals surface area contributed by atoms with Crippen LogP contribution >= 0.6 is 11.8 Å². The van der Waals surface area contributed by atoms with Gasteiger partial charge in [0, 0.05) is 22.6 Å². The molecular weight excluding hydrogens is 358 g/mol. The fourth-order valence-corrected chi connectivity index (χ4v) is 3.07. The van der Waals surface area contributed by atoms with E-state index < -0.39 is 11.7 Å². The second-order valence-corrected chi connectivity index (χ2v) is 7.15.